The fourth-order valence-electron chi connectivity index (χ4n) is 3.05. The Balaban J connectivity index is 1.44. The first kappa shape index (κ1) is 15.7. The van der Waals surface area contributed by atoms with Crippen molar-refractivity contribution in [1.82, 2.24) is 9.88 Å². The van der Waals surface area contributed by atoms with Gasteiger partial charge in [0.2, 0.25) is 0 Å². The summed E-state index contributed by atoms with van der Waals surface area (Å²) in [5, 5.41) is 2.93. The molecule has 0 saturated heterocycles. The Morgan fingerprint density at radius 3 is 2.70 bits per heavy atom. The third-order valence-corrected chi connectivity index (χ3v) is 4.33. The lowest BCUT2D eigenvalue weighted by Crippen LogP contribution is -2.30. The van der Waals surface area contributed by atoms with Gasteiger partial charge < -0.3 is 14.6 Å². The molecule has 1 aromatic carbocycles. The van der Waals surface area contributed by atoms with Gasteiger partial charge >= 0.3 is 0 Å². The van der Waals surface area contributed by atoms with E-state index >= 15 is 0 Å². The minimum absolute atomic E-state index is 0.0606. The fraction of sp³-hybridized carbons (Fsp3) is 0.421. The highest BCUT2D eigenvalue weighted by Gasteiger charge is 2.26. The number of carbonyl (C=O) groups is 1. The summed E-state index contributed by atoms with van der Waals surface area (Å²) >= 11 is 0. The monoisotopic (exact) mass is 312 g/mol. The van der Waals surface area contributed by atoms with Gasteiger partial charge in [-0.15, -0.1) is 0 Å². The molecule has 3 rings (SSSR count). The van der Waals surface area contributed by atoms with Gasteiger partial charge in [-0.3, -0.25) is 4.79 Å². The molecule has 1 heterocycles. The van der Waals surface area contributed by atoms with E-state index in [0.717, 1.165) is 12.2 Å². The molecule has 1 aromatic heterocycles. The number of hydrogen-bond donors (Lipinski definition) is 1. The summed E-state index contributed by atoms with van der Waals surface area (Å²) < 4.78 is 7.88. The van der Waals surface area contributed by atoms with Crippen LogP contribution in [0.2, 0.25) is 0 Å². The van der Waals surface area contributed by atoms with Gasteiger partial charge in [-0.1, -0.05) is 18.2 Å². The van der Waals surface area contributed by atoms with Gasteiger partial charge in [-0.05, 0) is 56.9 Å². The molecule has 1 saturated carbocycles. The van der Waals surface area contributed by atoms with Crippen molar-refractivity contribution in [2.24, 2.45) is 0 Å². The van der Waals surface area contributed by atoms with E-state index in [-0.39, 0.29) is 12.5 Å². The van der Waals surface area contributed by atoms with Crippen molar-refractivity contribution in [2.75, 3.05) is 13.2 Å². The van der Waals surface area contributed by atoms with Crippen LogP contribution in [0.4, 0.5) is 0 Å². The van der Waals surface area contributed by atoms with E-state index in [9.17, 15) is 4.79 Å². The summed E-state index contributed by atoms with van der Waals surface area (Å²) in [5.41, 5.74) is 4.01. The van der Waals surface area contributed by atoms with E-state index in [1.807, 2.05) is 30.3 Å². The second-order valence-corrected chi connectivity index (χ2v) is 6.20. The summed E-state index contributed by atoms with van der Waals surface area (Å²) in [6.07, 6.45) is 3.45. The average molecular weight is 312 g/mol. The summed E-state index contributed by atoms with van der Waals surface area (Å²) in [6.45, 7) is 5.05. The molecule has 0 bridgehead atoms. The Bertz CT molecular complexity index is 672. The zero-order valence-electron chi connectivity index (χ0n) is 13.8. The third kappa shape index (κ3) is 3.95. The predicted octanol–water partition coefficient (Wildman–Crippen LogP) is 3.18. The maximum absolute atomic E-state index is 11.8. The molecular weight excluding hydrogens is 288 g/mol. The lowest BCUT2D eigenvalue weighted by atomic mass is 10.2. The van der Waals surface area contributed by atoms with Gasteiger partial charge in [0.1, 0.15) is 5.75 Å². The SMILES string of the molecule is Cc1cc(CCNC(=O)COc2ccccc2)c(C)n1C1CC1. The highest BCUT2D eigenvalue weighted by Crippen LogP contribution is 2.38. The van der Waals surface area contributed by atoms with E-state index in [1.54, 1.807) is 0 Å². The van der Waals surface area contributed by atoms with Crippen molar-refractivity contribution in [1.29, 1.82) is 0 Å². The minimum atomic E-state index is -0.0788. The lowest BCUT2D eigenvalue weighted by molar-refractivity contribution is -0.123. The number of nitrogens with one attached hydrogen (secondary N) is 1. The van der Waals surface area contributed by atoms with Crippen molar-refractivity contribution in [3.05, 3.63) is 53.3 Å². The number of rotatable bonds is 7. The van der Waals surface area contributed by atoms with Crippen LogP contribution < -0.4 is 10.1 Å². The first-order valence-corrected chi connectivity index (χ1v) is 8.27. The summed E-state index contributed by atoms with van der Waals surface area (Å²) in [7, 11) is 0. The van der Waals surface area contributed by atoms with Crippen molar-refractivity contribution >= 4 is 5.91 Å². The van der Waals surface area contributed by atoms with Crippen LogP contribution in [0.1, 0.15) is 35.8 Å². The summed E-state index contributed by atoms with van der Waals surface area (Å²) in [6, 6.07) is 12.4. The Morgan fingerprint density at radius 2 is 2.00 bits per heavy atom. The molecule has 0 atom stereocenters. The molecule has 1 N–H and O–H groups in total. The van der Waals surface area contributed by atoms with Gasteiger partial charge in [0, 0.05) is 24.0 Å². The zero-order valence-corrected chi connectivity index (χ0v) is 13.8. The number of benzene rings is 1. The second kappa shape index (κ2) is 6.90. The Kier molecular flexibility index (Phi) is 4.70. The van der Waals surface area contributed by atoms with Gasteiger partial charge in [0.05, 0.1) is 0 Å². The van der Waals surface area contributed by atoms with E-state index in [4.69, 9.17) is 4.74 Å². The number of ether oxygens (including phenoxy) is 1. The van der Waals surface area contributed by atoms with Crippen LogP contribution in [-0.2, 0) is 11.2 Å². The topological polar surface area (TPSA) is 43.3 Å². The first-order chi connectivity index (χ1) is 11.1. The fourth-order valence-corrected chi connectivity index (χ4v) is 3.05. The number of hydrogen-bond acceptors (Lipinski definition) is 2. The standard InChI is InChI=1S/C19H24N2O2/c1-14-12-16(15(2)21(14)17-8-9-17)10-11-20-19(22)13-23-18-6-4-3-5-7-18/h3-7,12,17H,8-11,13H2,1-2H3,(H,20,22). The molecule has 1 aliphatic rings. The van der Waals surface area contributed by atoms with Gasteiger partial charge in [0.25, 0.3) is 5.91 Å². The minimum Gasteiger partial charge on any atom is -0.484 e. The summed E-state index contributed by atoms with van der Waals surface area (Å²) in [4.78, 5) is 11.8. The van der Waals surface area contributed by atoms with Crippen LogP contribution in [0.25, 0.3) is 0 Å². The maximum Gasteiger partial charge on any atom is 0.257 e. The van der Waals surface area contributed by atoms with Crippen LogP contribution in [0.5, 0.6) is 5.75 Å². The number of para-hydroxylation sites is 1. The molecule has 122 valence electrons. The number of aromatic nitrogens is 1. The van der Waals surface area contributed by atoms with Crippen molar-refractivity contribution < 1.29 is 9.53 Å². The van der Waals surface area contributed by atoms with Crippen molar-refractivity contribution in [3.63, 3.8) is 0 Å². The number of aryl methyl sites for hydroxylation is 1. The molecule has 4 nitrogen and oxygen atoms in total. The van der Waals surface area contributed by atoms with E-state index in [0.29, 0.717) is 12.6 Å². The molecule has 0 unspecified atom stereocenters. The molecular formula is C19H24N2O2. The van der Waals surface area contributed by atoms with Crippen LogP contribution in [-0.4, -0.2) is 23.6 Å². The van der Waals surface area contributed by atoms with E-state index in [1.165, 1.54) is 29.8 Å². The second-order valence-electron chi connectivity index (χ2n) is 6.20. The molecule has 0 spiro atoms. The predicted molar refractivity (Wildman–Crippen MR) is 90.8 cm³/mol. The molecule has 1 amide bonds. The number of nitrogens with zero attached hydrogens (tertiary/aromatic N) is 1. The molecule has 23 heavy (non-hydrogen) atoms. The highest BCUT2D eigenvalue weighted by molar-refractivity contribution is 5.77. The Hall–Kier alpha value is -2.23. The molecule has 0 aliphatic heterocycles. The van der Waals surface area contributed by atoms with Crippen LogP contribution in [0.15, 0.2) is 36.4 Å². The first-order valence-electron chi connectivity index (χ1n) is 8.27. The molecule has 4 heteroatoms. The normalized spacial score (nSPS) is 13.8. The van der Waals surface area contributed by atoms with E-state index < -0.39 is 0 Å². The van der Waals surface area contributed by atoms with Gasteiger partial charge in [-0.25, -0.2) is 0 Å². The molecule has 0 radical (unpaired) electrons. The molecule has 2 aromatic rings. The highest BCUT2D eigenvalue weighted by atomic mass is 16.5. The molecule has 1 fully saturated rings. The van der Waals surface area contributed by atoms with Gasteiger partial charge in [-0.2, -0.15) is 0 Å². The summed E-state index contributed by atoms with van der Waals surface area (Å²) in [5.74, 6) is 0.639. The molecule has 1 aliphatic carbocycles. The van der Waals surface area contributed by atoms with Crippen LogP contribution in [0.3, 0.4) is 0 Å². The van der Waals surface area contributed by atoms with Crippen molar-refractivity contribution in [2.45, 2.75) is 39.2 Å². The number of carbonyl (C=O) groups excluding carboxylic acids is 1. The Labute approximate surface area is 137 Å². The Morgan fingerprint density at radius 1 is 1.26 bits per heavy atom. The number of amides is 1. The smallest absolute Gasteiger partial charge is 0.257 e. The van der Waals surface area contributed by atoms with Gasteiger partial charge in [0.15, 0.2) is 6.61 Å². The van der Waals surface area contributed by atoms with Crippen LogP contribution >= 0.6 is 0 Å². The quantitative estimate of drug-likeness (QED) is 0.853. The van der Waals surface area contributed by atoms with Crippen molar-refractivity contribution in [3.8, 4) is 5.75 Å². The van der Waals surface area contributed by atoms with Crippen LogP contribution in [0, 0.1) is 13.8 Å². The lowest BCUT2D eigenvalue weighted by Gasteiger charge is -2.09. The zero-order chi connectivity index (χ0) is 16.2. The largest absolute Gasteiger partial charge is 0.484 e. The average Bonchev–Trinajstić information content (AvgIpc) is 3.33. The van der Waals surface area contributed by atoms with E-state index in [2.05, 4.69) is 29.8 Å². The maximum atomic E-state index is 11.8. The third-order valence-electron chi connectivity index (χ3n) is 4.33.